The predicted molar refractivity (Wildman–Crippen MR) is 117 cm³/mol. The molecule has 0 amide bonds. The number of hydrogen-bond donors (Lipinski definition) is 0. The zero-order valence-corrected chi connectivity index (χ0v) is 15.6. The summed E-state index contributed by atoms with van der Waals surface area (Å²) in [4.78, 5) is 0. The summed E-state index contributed by atoms with van der Waals surface area (Å²) >= 11 is 6.35. The van der Waals surface area contributed by atoms with E-state index in [1.807, 2.05) is 12.1 Å². The van der Waals surface area contributed by atoms with Gasteiger partial charge in [-0.3, -0.25) is 0 Å². The molecule has 28 heavy (non-hydrogen) atoms. The lowest BCUT2D eigenvalue weighted by Gasteiger charge is -2.32. The lowest BCUT2D eigenvalue weighted by Crippen LogP contribution is -2.54. The molecule has 0 radical (unpaired) electrons. The highest BCUT2D eigenvalue weighted by molar-refractivity contribution is 6.85. The monoisotopic (exact) mass is 377 g/mol. The Balaban J connectivity index is 1.72. The van der Waals surface area contributed by atoms with Gasteiger partial charge in [0.2, 0.25) is 0 Å². The van der Waals surface area contributed by atoms with Crippen LogP contribution >= 0.6 is 11.6 Å². The van der Waals surface area contributed by atoms with Gasteiger partial charge in [0.25, 0.3) is 0 Å². The Morgan fingerprint density at radius 3 is 2.61 bits per heavy atom. The van der Waals surface area contributed by atoms with Crippen molar-refractivity contribution in [3.05, 3.63) is 83.9 Å². The van der Waals surface area contributed by atoms with Gasteiger partial charge in [-0.25, -0.2) is 0 Å². The summed E-state index contributed by atoms with van der Waals surface area (Å²) in [6.07, 6.45) is 0. The van der Waals surface area contributed by atoms with E-state index in [-0.39, 0.29) is 6.92 Å². The number of nitrogens with zero attached hydrogens (tertiary/aromatic N) is 1. The third-order valence-electron chi connectivity index (χ3n) is 6.07. The smallest absolute Gasteiger partial charge is 0.431 e. The van der Waals surface area contributed by atoms with Gasteiger partial charge in [0.05, 0.1) is 11.0 Å². The Labute approximate surface area is 167 Å². The summed E-state index contributed by atoms with van der Waals surface area (Å²) in [6.45, 7) is -0.0999. The van der Waals surface area contributed by atoms with Gasteiger partial charge in [-0.2, -0.15) is 0 Å². The first-order chi connectivity index (χ1) is 13.8. The second kappa shape index (κ2) is 5.00. The molecular formula is C24H13BClNO. The van der Waals surface area contributed by atoms with Crippen LogP contribution in [0.2, 0.25) is 5.02 Å². The molecule has 2 aliphatic rings. The van der Waals surface area contributed by atoms with Gasteiger partial charge in [0.15, 0.2) is 0 Å². The first kappa shape index (κ1) is 14.8. The number of halogens is 1. The molecule has 0 atom stereocenters. The SMILES string of the molecule is Clc1ccc2c(c1)c1cccc3c1n2-c1cccc2c1B3Oc1ccccc1-2. The molecule has 0 saturated heterocycles. The zero-order valence-electron chi connectivity index (χ0n) is 14.8. The highest BCUT2D eigenvalue weighted by Gasteiger charge is 2.40. The van der Waals surface area contributed by atoms with E-state index in [0.717, 1.165) is 16.3 Å². The van der Waals surface area contributed by atoms with Crippen LogP contribution in [0.1, 0.15) is 0 Å². The molecule has 130 valence electrons. The predicted octanol–water partition coefficient (Wildman–Crippen LogP) is 4.92. The normalized spacial score (nSPS) is 13.4. The van der Waals surface area contributed by atoms with E-state index < -0.39 is 0 Å². The molecule has 2 nitrogen and oxygen atoms in total. The fraction of sp³-hybridized carbons (Fsp3) is 0. The molecule has 0 saturated carbocycles. The van der Waals surface area contributed by atoms with Crippen LogP contribution in [0.15, 0.2) is 78.9 Å². The quantitative estimate of drug-likeness (QED) is 0.350. The molecule has 2 aliphatic heterocycles. The molecule has 4 aromatic carbocycles. The topological polar surface area (TPSA) is 14.2 Å². The molecule has 0 aliphatic carbocycles. The van der Waals surface area contributed by atoms with Crippen molar-refractivity contribution in [3.8, 4) is 22.6 Å². The van der Waals surface area contributed by atoms with E-state index in [2.05, 4.69) is 71.3 Å². The van der Waals surface area contributed by atoms with Crippen LogP contribution in [0.25, 0.3) is 38.6 Å². The molecule has 0 N–H and O–H groups in total. The third-order valence-corrected chi connectivity index (χ3v) is 6.31. The van der Waals surface area contributed by atoms with Gasteiger partial charge in [-0.05, 0) is 41.4 Å². The summed E-state index contributed by atoms with van der Waals surface area (Å²) < 4.78 is 8.94. The zero-order chi connectivity index (χ0) is 18.4. The summed E-state index contributed by atoms with van der Waals surface area (Å²) in [7, 11) is 0. The Hall–Kier alpha value is -3.17. The molecule has 0 spiro atoms. The minimum atomic E-state index is -0.0999. The minimum absolute atomic E-state index is 0.0999. The van der Waals surface area contributed by atoms with Crippen molar-refractivity contribution in [1.29, 1.82) is 0 Å². The van der Waals surface area contributed by atoms with Crippen LogP contribution in [-0.2, 0) is 0 Å². The Bertz CT molecular complexity index is 1470. The standard InChI is InChI=1S/C24H13BClNO/c26-14-11-12-20-18(13-14)17-7-3-8-19-24(17)27(20)21-9-4-6-16-15-5-1-2-10-22(15)28-25(19)23(16)21/h1-13H. The van der Waals surface area contributed by atoms with Gasteiger partial charge in [-0.15, -0.1) is 0 Å². The van der Waals surface area contributed by atoms with Crippen molar-refractivity contribution < 1.29 is 4.65 Å². The first-order valence-corrected chi connectivity index (χ1v) is 9.81. The summed E-state index contributed by atoms with van der Waals surface area (Å²) in [5.41, 5.74) is 8.45. The molecule has 7 rings (SSSR count). The molecule has 0 unspecified atom stereocenters. The number of rotatable bonds is 0. The highest BCUT2D eigenvalue weighted by atomic mass is 35.5. The van der Waals surface area contributed by atoms with Crippen molar-refractivity contribution in [3.63, 3.8) is 0 Å². The van der Waals surface area contributed by atoms with Crippen LogP contribution in [0.4, 0.5) is 0 Å². The van der Waals surface area contributed by atoms with Crippen molar-refractivity contribution >= 4 is 51.2 Å². The maximum absolute atomic E-state index is 6.57. The molecule has 1 aromatic heterocycles. The van der Waals surface area contributed by atoms with Crippen molar-refractivity contribution in [1.82, 2.24) is 4.57 Å². The van der Waals surface area contributed by atoms with E-state index in [1.165, 1.54) is 44.0 Å². The van der Waals surface area contributed by atoms with Gasteiger partial charge in [0, 0.05) is 32.5 Å². The third kappa shape index (κ3) is 1.67. The number of hydrogen-bond acceptors (Lipinski definition) is 1. The highest BCUT2D eigenvalue weighted by Crippen LogP contribution is 2.39. The van der Waals surface area contributed by atoms with E-state index in [1.54, 1.807) is 0 Å². The van der Waals surface area contributed by atoms with Gasteiger partial charge < -0.3 is 9.22 Å². The molecular weight excluding hydrogens is 365 g/mol. The fourth-order valence-corrected chi connectivity index (χ4v) is 5.16. The summed E-state index contributed by atoms with van der Waals surface area (Å²) in [6, 6.07) is 27.5. The summed E-state index contributed by atoms with van der Waals surface area (Å²) in [5, 5.41) is 3.15. The fourth-order valence-electron chi connectivity index (χ4n) is 4.98. The molecule has 0 fully saturated rings. The number of para-hydroxylation sites is 2. The van der Waals surface area contributed by atoms with Crippen LogP contribution < -0.4 is 15.6 Å². The van der Waals surface area contributed by atoms with Crippen molar-refractivity contribution in [2.45, 2.75) is 0 Å². The first-order valence-electron chi connectivity index (χ1n) is 9.43. The molecule has 0 bridgehead atoms. The minimum Gasteiger partial charge on any atom is -0.551 e. The van der Waals surface area contributed by atoms with Crippen LogP contribution in [-0.4, -0.2) is 11.5 Å². The van der Waals surface area contributed by atoms with Crippen molar-refractivity contribution in [2.75, 3.05) is 0 Å². The molecule has 4 heteroatoms. The second-order valence-electron chi connectivity index (χ2n) is 7.47. The number of fused-ring (bicyclic) bond motifs is 7. The lowest BCUT2D eigenvalue weighted by atomic mass is 9.50. The van der Waals surface area contributed by atoms with Gasteiger partial charge >= 0.3 is 6.92 Å². The Morgan fingerprint density at radius 2 is 1.64 bits per heavy atom. The van der Waals surface area contributed by atoms with Gasteiger partial charge in [0.1, 0.15) is 5.75 Å². The number of benzene rings is 4. The maximum Gasteiger partial charge on any atom is 0.431 e. The Kier molecular flexibility index (Phi) is 2.65. The Morgan fingerprint density at radius 1 is 0.786 bits per heavy atom. The van der Waals surface area contributed by atoms with E-state index >= 15 is 0 Å². The largest absolute Gasteiger partial charge is 0.551 e. The summed E-state index contributed by atoms with van der Waals surface area (Å²) in [5.74, 6) is 0.946. The number of aromatic nitrogens is 1. The average molecular weight is 378 g/mol. The van der Waals surface area contributed by atoms with Crippen LogP contribution in [0.3, 0.4) is 0 Å². The van der Waals surface area contributed by atoms with Crippen LogP contribution in [0.5, 0.6) is 5.75 Å². The molecule has 3 heterocycles. The van der Waals surface area contributed by atoms with E-state index in [4.69, 9.17) is 16.3 Å². The van der Waals surface area contributed by atoms with E-state index in [9.17, 15) is 0 Å². The lowest BCUT2D eigenvalue weighted by molar-refractivity contribution is 0.590. The van der Waals surface area contributed by atoms with Gasteiger partial charge in [-0.1, -0.05) is 60.1 Å². The average Bonchev–Trinajstić information content (AvgIpc) is 3.06. The molecule has 5 aromatic rings. The van der Waals surface area contributed by atoms with Crippen molar-refractivity contribution in [2.24, 2.45) is 0 Å². The maximum atomic E-state index is 6.57. The second-order valence-corrected chi connectivity index (χ2v) is 7.91. The van der Waals surface area contributed by atoms with Crippen LogP contribution in [0, 0.1) is 0 Å². The van der Waals surface area contributed by atoms with E-state index in [0.29, 0.717) is 0 Å².